The number of nitro groups is 1. The number of hydrazine groups is 1. The maximum atomic E-state index is 10.7. The van der Waals surface area contributed by atoms with Crippen molar-refractivity contribution in [2.45, 2.75) is 40.5 Å². The van der Waals surface area contributed by atoms with Crippen LogP contribution in [-0.4, -0.2) is 23.1 Å². The van der Waals surface area contributed by atoms with E-state index in [9.17, 15) is 10.1 Å². The fraction of sp³-hybridized carbons (Fsp3) is 1.00. The Morgan fingerprint density at radius 1 is 1.07 bits per heavy atom. The molecule has 0 saturated heterocycles. The van der Waals surface area contributed by atoms with Crippen molar-refractivity contribution < 1.29 is 5.03 Å². The Kier molecular flexibility index (Phi) is 6.25. The largest absolute Gasteiger partial charge is 0.235 e. The van der Waals surface area contributed by atoms with Gasteiger partial charge in [-0.15, -0.1) is 5.01 Å². The summed E-state index contributed by atoms with van der Waals surface area (Å²) in [6.07, 6.45) is 1.78. The van der Waals surface area contributed by atoms with Gasteiger partial charge in [0, 0.05) is 0 Å². The third kappa shape index (κ3) is 6.69. The second kappa shape index (κ2) is 6.62. The van der Waals surface area contributed by atoms with E-state index < -0.39 is 0 Å². The van der Waals surface area contributed by atoms with Crippen LogP contribution in [0, 0.1) is 22.0 Å². The second-order valence-corrected chi connectivity index (χ2v) is 4.56. The van der Waals surface area contributed by atoms with Crippen LogP contribution in [0.1, 0.15) is 40.5 Å². The maximum absolute atomic E-state index is 10.7. The Labute approximate surface area is 86.4 Å². The molecule has 0 fully saturated rings. The van der Waals surface area contributed by atoms with Crippen LogP contribution in [0.2, 0.25) is 0 Å². The molecule has 0 bridgehead atoms. The average molecular weight is 202 g/mol. The zero-order valence-corrected chi connectivity index (χ0v) is 9.69. The summed E-state index contributed by atoms with van der Waals surface area (Å²) in [6, 6.07) is 0. The van der Waals surface area contributed by atoms with E-state index >= 15 is 0 Å². The summed E-state index contributed by atoms with van der Waals surface area (Å²) in [5.74, 6) is 1.05. The average Bonchev–Trinajstić information content (AvgIpc) is 2.02. The summed E-state index contributed by atoms with van der Waals surface area (Å²) in [4.78, 5) is 10.7. The minimum absolute atomic E-state index is 0.273. The van der Waals surface area contributed by atoms with Crippen molar-refractivity contribution in [2.75, 3.05) is 13.1 Å². The maximum Gasteiger partial charge on any atom is 0.160 e. The normalized spacial score (nSPS) is 11.0. The van der Waals surface area contributed by atoms with Gasteiger partial charge < -0.3 is 0 Å². The number of hydrogen-bond acceptors (Lipinski definition) is 2. The molecule has 0 radical (unpaired) electrons. The highest BCUT2D eigenvalue weighted by Gasteiger charge is 2.14. The zero-order valence-electron chi connectivity index (χ0n) is 9.69. The lowest BCUT2D eigenvalue weighted by Crippen LogP contribution is -2.33. The lowest BCUT2D eigenvalue weighted by molar-refractivity contribution is -0.656. The molecule has 0 aliphatic rings. The monoisotopic (exact) mass is 202 g/mol. The summed E-state index contributed by atoms with van der Waals surface area (Å²) in [6.45, 7) is 9.47. The molecule has 0 unspecified atom stereocenters. The summed E-state index contributed by atoms with van der Waals surface area (Å²) in [5.41, 5.74) is 0. The van der Waals surface area contributed by atoms with E-state index in [4.69, 9.17) is 0 Å². The Morgan fingerprint density at radius 3 is 1.64 bits per heavy atom. The van der Waals surface area contributed by atoms with Gasteiger partial charge in [0.15, 0.2) is 5.03 Å². The Morgan fingerprint density at radius 2 is 1.43 bits per heavy atom. The molecule has 4 heteroatoms. The Balaban J connectivity index is 3.84. The summed E-state index contributed by atoms with van der Waals surface area (Å²) in [7, 11) is 0. The first-order chi connectivity index (χ1) is 6.43. The number of rotatable bonds is 7. The third-order valence-corrected chi connectivity index (χ3v) is 2.16. The van der Waals surface area contributed by atoms with E-state index in [-0.39, 0.29) is 5.03 Å². The van der Waals surface area contributed by atoms with Gasteiger partial charge in [-0.25, -0.2) is 10.1 Å². The Hall–Kier alpha value is -0.800. The zero-order chi connectivity index (χ0) is 11.1. The molecule has 0 aromatic heterocycles. The molecule has 0 amide bonds. The van der Waals surface area contributed by atoms with E-state index in [1.165, 1.54) is 5.01 Å². The first-order valence-corrected chi connectivity index (χ1v) is 5.32. The summed E-state index contributed by atoms with van der Waals surface area (Å²) < 4.78 is 0. The van der Waals surface area contributed by atoms with E-state index in [1.54, 1.807) is 0 Å². The fourth-order valence-corrected chi connectivity index (χ4v) is 1.09. The van der Waals surface area contributed by atoms with Crippen LogP contribution in [-0.2, 0) is 0 Å². The van der Waals surface area contributed by atoms with Gasteiger partial charge in [0.2, 0.25) is 0 Å². The van der Waals surface area contributed by atoms with Gasteiger partial charge in [-0.3, -0.25) is 0 Å². The van der Waals surface area contributed by atoms with Crippen molar-refractivity contribution in [3.63, 3.8) is 0 Å². The standard InChI is InChI=1S/C10H22N2O2/c1-9(2)5-7-11(12(13)14)8-6-10(3)4/h9-10H,5-8H2,1-4H3. The van der Waals surface area contributed by atoms with Crippen molar-refractivity contribution in [3.8, 4) is 0 Å². The number of hydrogen-bond donors (Lipinski definition) is 0. The van der Waals surface area contributed by atoms with E-state index in [1.807, 2.05) is 0 Å². The van der Waals surface area contributed by atoms with Gasteiger partial charge >= 0.3 is 0 Å². The van der Waals surface area contributed by atoms with Crippen molar-refractivity contribution in [1.82, 2.24) is 5.01 Å². The Bertz CT molecular complexity index is 158. The van der Waals surface area contributed by atoms with Crippen LogP contribution in [0.5, 0.6) is 0 Å². The van der Waals surface area contributed by atoms with Gasteiger partial charge in [0.05, 0.1) is 13.1 Å². The lowest BCUT2D eigenvalue weighted by Gasteiger charge is -2.16. The van der Waals surface area contributed by atoms with E-state index in [0.717, 1.165) is 12.8 Å². The molecule has 84 valence electrons. The predicted molar refractivity (Wildman–Crippen MR) is 57.5 cm³/mol. The highest BCUT2D eigenvalue weighted by Crippen LogP contribution is 2.06. The molecule has 0 rings (SSSR count). The minimum Gasteiger partial charge on any atom is -0.235 e. The molecule has 14 heavy (non-hydrogen) atoms. The molecule has 0 saturated carbocycles. The minimum atomic E-state index is -0.273. The fourth-order valence-electron chi connectivity index (χ4n) is 1.09. The van der Waals surface area contributed by atoms with E-state index in [0.29, 0.717) is 24.9 Å². The number of nitrogens with zero attached hydrogens (tertiary/aromatic N) is 2. The van der Waals surface area contributed by atoms with Crippen LogP contribution in [0.25, 0.3) is 0 Å². The molecule has 0 atom stereocenters. The summed E-state index contributed by atoms with van der Waals surface area (Å²) >= 11 is 0. The summed E-state index contributed by atoms with van der Waals surface area (Å²) in [5, 5.41) is 11.7. The van der Waals surface area contributed by atoms with Crippen LogP contribution >= 0.6 is 0 Å². The van der Waals surface area contributed by atoms with Crippen molar-refractivity contribution >= 4 is 0 Å². The molecular weight excluding hydrogens is 180 g/mol. The van der Waals surface area contributed by atoms with Crippen LogP contribution in [0.4, 0.5) is 0 Å². The van der Waals surface area contributed by atoms with Crippen molar-refractivity contribution in [1.29, 1.82) is 0 Å². The van der Waals surface area contributed by atoms with Gasteiger partial charge in [-0.2, -0.15) is 0 Å². The highest BCUT2D eigenvalue weighted by molar-refractivity contribution is 4.53. The van der Waals surface area contributed by atoms with E-state index in [2.05, 4.69) is 27.7 Å². The van der Waals surface area contributed by atoms with Crippen LogP contribution < -0.4 is 0 Å². The van der Waals surface area contributed by atoms with Crippen molar-refractivity contribution in [3.05, 3.63) is 10.1 Å². The predicted octanol–water partition coefficient (Wildman–Crippen LogP) is 2.57. The SMILES string of the molecule is CC(C)CCN(CCC(C)C)[N+](=O)[O-]. The molecule has 0 aromatic rings. The second-order valence-electron chi connectivity index (χ2n) is 4.56. The molecule has 0 aliphatic carbocycles. The first kappa shape index (κ1) is 13.2. The molecule has 0 heterocycles. The lowest BCUT2D eigenvalue weighted by atomic mass is 10.1. The molecule has 0 spiro atoms. The van der Waals surface area contributed by atoms with Crippen molar-refractivity contribution in [2.24, 2.45) is 11.8 Å². The quantitative estimate of drug-likeness (QED) is 0.471. The molecule has 4 nitrogen and oxygen atoms in total. The van der Waals surface area contributed by atoms with Gasteiger partial charge in [-0.05, 0) is 24.7 Å². The van der Waals surface area contributed by atoms with Crippen LogP contribution in [0.3, 0.4) is 0 Å². The third-order valence-electron chi connectivity index (χ3n) is 2.16. The molecular formula is C10H22N2O2. The topological polar surface area (TPSA) is 46.4 Å². The van der Waals surface area contributed by atoms with Crippen LogP contribution in [0.15, 0.2) is 0 Å². The highest BCUT2D eigenvalue weighted by atomic mass is 16.7. The molecule has 0 aliphatic heterocycles. The van der Waals surface area contributed by atoms with Gasteiger partial charge in [0.1, 0.15) is 0 Å². The van der Waals surface area contributed by atoms with Gasteiger partial charge in [-0.1, -0.05) is 27.7 Å². The molecule has 0 N–H and O–H groups in total. The molecule has 0 aromatic carbocycles. The van der Waals surface area contributed by atoms with Gasteiger partial charge in [0.25, 0.3) is 0 Å². The smallest absolute Gasteiger partial charge is 0.160 e. The first-order valence-electron chi connectivity index (χ1n) is 5.32.